The van der Waals surface area contributed by atoms with Gasteiger partial charge in [0.2, 0.25) is 0 Å². The zero-order chi connectivity index (χ0) is 12.8. The average molecular weight is 253 g/mol. The van der Waals surface area contributed by atoms with Crippen LogP contribution >= 0.6 is 11.3 Å². The highest BCUT2D eigenvalue weighted by molar-refractivity contribution is 7.13. The molecule has 0 saturated heterocycles. The molecule has 1 aromatic heterocycles. The Bertz CT molecular complexity index is 425. The Morgan fingerprint density at radius 1 is 1.76 bits per heavy atom. The highest BCUT2D eigenvalue weighted by Crippen LogP contribution is 2.20. The molecule has 0 bridgehead atoms. The molecule has 92 valence electrons. The number of nitriles is 1. The average Bonchev–Trinajstić information content (AvgIpc) is 2.78. The molecule has 0 radical (unpaired) electrons. The van der Waals surface area contributed by atoms with Crippen molar-refractivity contribution in [3.8, 4) is 6.07 Å². The lowest BCUT2D eigenvalue weighted by Gasteiger charge is -2.16. The molecule has 0 saturated carbocycles. The van der Waals surface area contributed by atoms with Gasteiger partial charge in [0.25, 0.3) is 0 Å². The molecule has 17 heavy (non-hydrogen) atoms. The third kappa shape index (κ3) is 3.71. The topological polar surface area (TPSA) is 66.2 Å². The monoisotopic (exact) mass is 253 g/mol. The predicted octanol–water partition coefficient (Wildman–Crippen LogP) is 1.92. The smallest absolute Gasteiger partial charge is 0.357 e. The van der Waals surface area contributed by atoms with Gasteiger partial charge in [0.1, 0.15) is 0 Å². The molecular weight excluding hydrogens is 238 g/mol. The van der Waals surface area contributed by atoms with E-state index in [9.17, 15) is 4.79 Å². The number of hydrogen-bond donors (Lipinski definition) is 0. The van der Waals surface area contributed by atoms with Gasteiger partial charge < -0.3 is 9.64 Å². The fraction of sp³-hybridized carbons (Fsp3) is 0.545. The summed E-state index contributed by atoms with van der Waals surface area (Å²) in [5.41, 5.74) is 0.323. The Labute approximate surface area is 105 Å². The van der Waals surface area contributed by atoms with E-state index in [0.717, 1.165) is 5.13 Å². The quantitative estimate of drug-likeness (QED) is 0.750. The number of carbonyl (C=O) groups is 1. The lowest BCUT2D eigenvalue weighted by atomic mass is 10.2. The summed E-state index contributed by atoms with van der Waals surface area (Å²) in [5.74, 6) is -0.480. The number of anilines is 1. The van der Waals surface area contributed by atoms with E-state index in [1.54, 1.807) is 12.3 Å². The highest BCUT2D eigenvalue weighted by Gasteiger charge is 2.14. The van der Waals surface area contributed by atoms with Crippen LogP contribution in [0.4, 0.5) is 5.13 Å². The van der Waals surface area contributed by atoms with Crippen molar-refractivity contribution in [1.29, 1.82) is 5.26 Å². The van der Waals surface area contributed by atoms with Gasteiger partial charge in [0.05, 0.1) is 18.6 Å². The fourth-order valence-electron chi connectivity index (χ4n) is 1.27. The van der Waals surface area contributed by atoms with Crippen molar-refractivity contribution < 1.29 is 9.53 Å². The van der Waals surface area contributed by atoms with Gasteiger partial charge in [0.15, 0.2) is 10.8 Å². The van der Waals surface area contributed by atoms with Crippen molar-refractivity contribution >= 4 is 22.4 Å². The van der Waals surface area contributed by atoms with E-state index in [2.05, 4.69) is 11.1 Å². The normalized spacial score (nSPS) is 11.6. The molecule has 0 fully saturated rings. The van der Waals surface area contributed by atoms with Crippen LogP contribution in [0.2, 0.25) is 0 Å². The maximum absolute atomic E-state index is 11.4. The first kappa shape index (κ1) is 13.5. The fourth-order valence-corrected chi connectivity index (χ4v) is 2.04. The minimum atomic E-state index is -0.406. The van der Waals surface area contributed by atoms with Crippen LogP contribution in [0.25, 0.3) is 0 Å². The number of thiazole rings is 1. The molecule has 1 rings (SSSR count). The number of rotatable bonds is 5. The van der Waals surface area contributed by atoms with E-state index < -0.39 is 5.97 Å². The van der Waals surface area contributed by atoms with E-state index in [-0.39, 0.29) is 5.92 Å². The summed E-state index contributed by atoms with van der Waals surface area (Å²) in [7, 11) is 1.85. The largest absolute Gasteiger partial charge is 0.461 e. The molecule has 5 nitrogen and oxygen atoms in total. The summed E-state index contributed by atoms with van der Waals surface area (Å²) >= 11 is 1.37. The molecule has 1 atom stereocenters. The lowest BCUT2D eigenvalue weighted by Crippen LogP contribution is -2.23. The van der Waals surface area contributed by atoms with Gasteiger partial charge in [-0.3, -0.25) is 0 Å². The summed E-state index contributed by atoms with van der Waals surface area (Å²) in [6.07, 6.45) is 0. The van der Waals surface area contributed by atoms with Crippen LogP contribution < -0.4 is 4.90 Å². The van der Waals surface area contributed by atoms with Gasteiger partial charge >= 0.3 is 5.97 Å². The second-order valence-electron chi connectivity index (χ2n) is 3.65. The van der Waals surface area contributed by atoms with Crippen LogP contribution in [0.3, 0.4) is 0 Å². The third-order valence-electron chi connectivity index (χ3n) is 2.07. The molecule has 6 heteroatoms. The number of hydrogen-bond acceptors (Lipinski definition) is 6. The minimum Gasteiger partial charge on any atom is -0.461 e. The second-order valence-corrected chi connectivity index (χ2v) is 4.48. The van der Waals surface area contributed by atoms with Crippen molar-refractivity contribution in [3.63, 3.8) is 0 Å². The molecule has 0 aliphatic heterocycles. The minimum absolute atomic E-state index is 0.0741. The van der Waals surface area contributed by atoms with E-state index in [0.29, 0.717) is 18.8 Å². The number of ether oxygens (including phenoxy) is 1. The second kappa shape index (κ2) is 6.21. The van der Waals surface area contributed by atoms with Gasteiger partial charge in [-0.2, -0.15) is 5.26 Å². The first-order valence-corrected chi connectivity index (χ1v) is 6.19. The molecule has 1 unspecified atom stereocenters. The number of nitrogens with zero attached hydrogens (tertiary/aromatic N) is 3. The zero-order valence-electron chi connectivity index (χ0n) is 10.1. The van der Waals surface area contributed by atoms with Crippen LogP contribution in [0.15, 0.2) is 5.38 Å². The zero-order valence-corrected chi connectivity index (χ0v) is 11.0. The Kier molecular flexibility index (Phi) is 4.91. The lowest BCUT2D eigenvalue weighted by molar-refractivity contribution is 0.0520. The molecule has 1 aromatic rings. The Morgan fingerprint density at radius 2 is 2.47 bits per heavy atom. The Hall–Kier alpha value is -1.61. The van der Waals surface area contributed by atoms with Gasteiger partial charge in [-0.25, -0.2) is 9.78 Å². The van der Waals surface area contributed by atoms with Crippen molar-refractivity contribution in [3.05, 3.63) is 11.1 Å². The van der Waals surface area contributed by atoms with Crippen LogP contribution in [-0.4, -0.2) is 31.2 Å². The maximum atomic E-state index is 11.4. The number of carbonyl (C=O) groups excluding carboxylic acids is 1. The van der Waals surface area contributed by atoms with Crippen LogP contribution in [0, 0.1) is 17.2 Å². The molecule has 0 aliphatic rings. The van der Waals surface area contributed by atoms with Crippen molar-refractivity contribution in [2.24, 2.45) is 5.92 Å². The summed E-state index contributed by atoms with van der Waals surface area (Å²) < 4.78 is 4.86. The number of aromatic nitrogens is 1. The Morgan fingerprint density at radius 3 is 3.06 bits per heavy atom. The summed E-state index contributed by atoms with van der Waals surface area (Å²) in [6, 6.07) is 2.16. The van der Waals surface area contributed by atoms with Crippen molar-refractivity contribution in [1.82, 2.24) is 4.98 Å². The van der Waals surface area contributed by atoms with Crippen LogP contribution in [-0.2, 0) is 4.74 Å². The van der Waals surface area contributed by atoms with Gasteiger partial charge in [-0.1, -0.05) is 0 Å². The summed E-state index contributed by atoms with van der Waals surface area (Å²) in [6.45, 7) is 4.53. The van der Waals surface area contributed by atoms with Gasteiger partial charge in [0, 0.05) is 19.0 Å². The Balaban J connectivity index is 2.68. The predicted molar refractivity (Wildman–Crippen MR) is 66.1 cm³/mol. The standard InChI is InChI=1S/C11H15N3O2S/c1-4-16-10(15)9-7-17-11(13-9)14(3)6-8(2)5-12/h7-8H,4,6H2,1-3H3. The number of esters is 1. The first-order chi connectivity index (χ1) is 8.08. The molecule has 0 aliphatic carbocycles. The molecule has 0 spiro atoms. The van der Waals surface area contributed by atoms with Crippen molar-refractivity contribution in [2.75, 3.05) is 25.1 Å². The van der Waals surface area contributed by atoms with Crippen LogP contribution in [0.5, 0.6) is 0 Å². The van der Waals surface area contributed by atoms with Gasteiger partial charge in [-0.05, 0) is 13.8 Å². The van der Waals surface area contributed by atoms with E-state index in [1.807, 2.05) is 18.9 Å². The molecule has 0 N–H and O–H groups in total. The molecule has 0 amide bonds. The third-order valence-corrected chi connectivity index (χ3v) is 3.03. The van der Waals surface area contributed by atoms with E-state index in [4.69, 9.17) is 10.00 Å². The van der Waals surface area contributed by atoms with Gasteiger partial charge in [-0.15, -0.1) is 11.3 Å². The molecular formula is C11H15N3O2S. The SMILES string of the molecule is CCOC(=O)c1csc(N(C)CC(C)C#N)n1. The summed E-state index contributed by atoms with van der Waals surface area (Å²) in [4.78, 5) is 17.4. The van der Waals surface area contributed by atoms with E-state index in [1.165, 1.54) is 11.3 Å². The summed E-state index contributed by atoms with van der Waals surface area (Å²) in [5, 5.41) is 11.1. The van der Waals surface area contributed by atoms with Crippen molar-refractivity contribution in [2.45, 2.75) is 13.8 Å². The first-order valence-electron chi connectivity index (χ1n) is 5.31. The molecule has 1 heterocycles. The molecule has 0 aromatic carbocycles. The maximum Gasteiger partial charge on any atom is 0.357 e. The van der Waals surface area contributed by atoms with E-state index >= 15 is 0 Å². The highest BCUT2D eigenvalue weighted by atomic mass is 32.1. The van der Waals surface area contributed by atoms with Crippen LogP contribution in [0.1, 0.15) is 24.3 Å².